The Kier molecular flexibility index (Phi) is 38.5. The number of imidazole rings is 1. The number of nitrogens with one attached hydrogen (secondary N) is 13. The predicted molar refractivity (Wildman–Crippen MR) is 492 cm³/mol. The van der Waals surface area contributed by atoms with Gasteiger partial charge < -0.3 is 130 Å². The van der Waals surface area contributed by atoms with Gasteiger partial charge in [-0.1, -0.05) is 88.1 Å². The lowest BCUT2D eigenvalue weighted by molar-refractivity contribution is -0.149. The number of aromatic hydroxyl groups is 1. The summed E-state index contributed by atoms with van der Waals surface area (Å²) in [5.41, 5.74) is 14.1. The van der Waals surface area contributed by atoms with Crippen molar-refractivity contribution >= 4 is 140 Å². The number of H-pyrrole nitrogens is 3. The number of carboxylic acids is 2. The molecule has 22 N–H and O–H groups in total. The van der Waals surface area contributed by atoms with Crippen molar-refractivity contribution in [2.75, 3.05) is 64.9 Å². The molecule has 3 aromatic heterocycles. The van der Waals surface area contributed by atoms with Gasteiger partial charge in [0, 0.05) is 118 Å². The highest BCUT2D eigenvalue weighted by molar-refractivity contribution is 8.00. The largest absolute Gasteiger partial charge is 0.508 e. The van der Waals surface area contributed by atoms with Gasteiger partial charge in [0.05, 0.1) is 43.5 Å². The number of aliphatic carboxylic acids is 2. The molecule has 4 fully saturated rings. The maximum Gasteiger partial charge on any atom is 0.305 e. The fourth-order valence-corrected chi connectivity index (χ4v) is 18.3. The summed E-state index contributed by atoms with van der Waals surface area (Å²) in [6.07, 6.45) is 2.09. The highest BCUT2D eigenvalue weighted by Gasteiger charge is 2.48. The van der Waals surface area contributed by atoms with E-state index in [0.717, 1.165) is 36.3 Å². The first-order valence-corrected chi connectivity index (χ1v) is 46.8. The quantitative estimate of drug-likeness (QED) is 0.0267. The lowest BCUT2D eigenvalue weighted by atomic mass is 9.97. The number of carbonyl (C=O) groups excluding carboxylic acids is 16. The molecule has 44 nitrogen and oxygen atoms in total. The van der Waals surface area contributed by atoms with Crippen molar-refractivity contribution in [1.29, 1.82) is 0 Å². The molecule has 136 heavy (non-hydrogen) atoms. The second-order valence-electron chi connectivity index (χ2n) is 34.6. The Morgan fingerprint density at radius 1 is 0.515 bits per heavy atom. The number of phenolic OH excluding ortho intramolecular Hbond substituents is 1. The van der Waals surface area contributed by atoms with Crippen LogP contribution in [0.15, 0.2) is 97.7 Å². The second-order valence-corrected chi connectivity index (χ2v) is 35.6. The number of aromatic nitrogens is 4. The Labute approximate surface area is 787 Å². The molecule has 4 aliphatic rings. The molecule has 0 bridgehead atoms. The number of aliphatic hydroxyl groups excluding tert-OH is 2. The molecule has 15 atom stereocenters. The van der Waals surface area contributed by atoms with E-state index in [2.05, 4.69) is 73.1 Å². The molecule has 10 rings (SSSR count). The third-order valence-electron chi connectivity index (χ3n) is 24.7. The molecule has 2 unspecified atom stereocenters. The van der Waals surface area contributed by atoms with Crippen LogP contribution in [0.3, 0.4) is 0 Å². The van der Waals surface area contributed by atoms with Crippen LogP contribution in [-0.4, -0.2) is 332 Å². The number of carbonyl (C=O) groups is 18. The number of fused-ring (bicyclic) bond motifs is 5. The Balaban J connectivity index is 1.02. The number of phenols is 1. The Morgan fingerprint density at radius 2 is 1.04 bits per heavy atom. The van der Waals surface area contributed by atoms with Crippen molar-refractivity contribution in [2.45, 2.75) is 239 Å². The fourth-order valence-electron chi connectivity index (χ4n) is 17.4. The van der Waals surface area contributed by atoms with Gasteiger partial charge in [0.25, 0.3) is 0 Å². The minimum Gasteiger partial charge on any atom is -0.508 e. The number of para-hydroxylation sites is 2. The van der Waals surface area contributed by atoms with Crippen LogP contribution in [0.4, 0.5) is 0 Å². The number of nitrogens with two attached hydrogens (primary N) is 2. The zero-order valence-corrected chi connectivity index (χ0v) is 77.1. The van der Waals surface area contributed by atoms with Crippen LogP contribution in [-0.2, 0) is 112 Å². The summed E-state index contributed by atoms with van der Waals surface area (Å²) in [4.78, 5) is 282. The number of piperidine rings is 1. The molecule has 0 saturated carbocycles. The summed E-state index contributed by atoms with van der Waals surface area (Å²) in [6.45, 7) is 0.886. The van der Waals surface area contributed by atoms with Crippen LogP contribution in [0.1, 0.15) is 145 Å². The monoisotopic (exact) mass is 1910 g/mol. The number of unbranched alkanes of at least 4 members (excludes halogenated alkanes) is 2. The van der Waals surface area contributed by atoms with Crippen molar-refractivity contribution in [1.82, 2.24) is 97.6 Å². The van der Waals surface area contributed by atoms with Gasteiger partial charge in [-0.2, -0.15) is 0 Å². The highest BCUT2D eigenvalue weighted by Crippen LogP contribution is 2.29. The van der Waals surface area contributed by atoms with Gasteiger partial charge in [-0.25, -0.2) is 4.98 Å². The summed E-state index contributed by atoms with van der Waals surface area (Å²) < 4.78 is 0. The number of aromatic amines is 3. The summed E-state index contributed by atoms with van der Waals surface area (Å²) in [5, 5.41) is 80.6. The standard InChI is InChI=1S/C91H123N21O23S/c1-5-7-22-69-83(127)100-60(21-15-32-92)79(123)107-68(78(122)97-44-74(93)116)47-136-48-75(117)99-64(35-50-26-28-54(114)29-27-50)89(133)110-33-14-13-24-70(110)85(129)105-66(40-77(120)121)90(134)111-34-16-25-71(111)84(128)103-63(38-53-43-94-49-98-53)81(125)101-61(30-31-76(118)119)88(132)112-45-55(115)39-73(112)86(130)102-62(36-51-41-95-58-19-11-9-17-56(51)58)80(124)106-67(46-113)82(126)104-65(37-52-42-96-59-20-12-10-18-57(52)59)87(131)109(4)72(23-8-6-2)91(135)108(69)3/h9-12,17-20,26-29,41-43,49,55,60-73,95-96,113-115H,5-8,13-16,21-25,30-40,44-48,92H2,1-4H3,(H2,93,116)(H,94,98)(H,97,122)(H,99,117)(H,100,127)(H,101,125)(H,102,130)(H,103,128)(H,104,126)(H,105,129)(H,106,124)(H,107,123)(H,118,119)(H,120,121)/t55-,60+,61+,62-,63-,64+,65+,66-,67+,68-,69-,70?,71+,72-,73?/m1/s1. The first kappa shape index (κ1) is 105. The Morgan fingerprint density at radius 3 is 1.63 bits per heavy atom. The van der Waals surface area contributed by atoms with Crippen LogP contribution in [0.5, 0.6) is 5.75 Å². The summed E-state index contributed by atoms with van der Waals surface area (Å²) in [5.74, 6) is -19.9. The number of hydrogen-bond donors (Lipinski definition) is 20. The van der Waals surface area contributed by atoms with Gasteiger partial charge in [-0.15, -0.1) is 11.8 Å². The van der Waals surface area contributed by atoms with Crippen LogP contribution < -0.4 is 64.6 Å². The van der Waals surface area contributed by atoms with Crippen LogP contribution in [0.25, 0.3) is 21.8 Å². The maximum atomic E-state index is 15.7. The molecule has 16 amide bonds. The zero-order valence-electron chi connectivity index (χ0n) is 76.2. The highest BCUT2D eigenvalue weighted by atomic mass is 32.2. The second kappa shape index (κ2) is 50.1. The van der Waals surface area contributed by atoms with Crippen molar-refractivity contribution < 1.29 is 112 Å². The van der Waals surface area contributed by atoms with E-state index in [4.69, 9.17) is 11.5 Å². The number of hydrogen-bond acceptors (Lipinski definition) is 24. The lowest BCUT2D eigenvalue weighted by Crippen LogP contribution is -2.62. The van der Waals surface area contributed by atoms with E-state index in [1.54, 1.807) is 60.9 Å². The van der Waals surface area contributed by atoms with Crippen LogP contribution >= 0.6 is 11.8 Å². The number of primary amides is 1. The minimum atomic E-state index is -1.93. The van der Waals surface area contributed by atoms with E-state index in [1.807, 2.05) is 13.8 Å². The van der Waals surface area contributed by atoms with Gasteiger partial charge in [0.2, 0.25) is 94.5 Å². The molecule has 0 spiro atoms. The Bertz CT molecular complexity index is 5270. The average Bonchev–Trinajstić information content (AvgIpc) is 1.74. The molecule has 6 aromatic rings. The number of aliphatic hydroxyl groups is 2. The smallest absolute Gasteiger partial charge is 0.305 e. The van der Waals surface area contributed by atoms with E-state index < -0.39 is 260 Å². The van der Waals surface area contributed by atoms with Crippen molar-refractivity contribution in [3.63, 3.8) is 0 Å². The summed E-state index contributed by atoms with van der Waals surface area (Å²) >= 11 is 0.776. The Hall–Kier alpha value is -13.6. The number of likely N-dealkylation sites (N-methyl/N-ethyl adjacent to an activating group) is 2. The first-order chi connectivity index (χ1) is 65.1. The zero-order chi connectivity index (χ0) is 98.6. The van der Waals surface area contributed by atoms with Crippen LogP contribution in [0.2, 0.25) is 0 Å². The van der Waals surface area contributed by atoms with Gasteiger partial charge >= 0.3 is 11.9 Å². The van der Waals surface area contributed by atoms with E-state index in [0.29, 0.717) is 77.0 Å². The van der Waals surface area contributed by atoms with Gasteiger partial charge in [-0.05, 0) is 112 Å². The fraction of sp³-hybridized carbons (Fsp3) is 0.527. The van der Waals surface area contributed by atoms with E-state index >= 15 is 47.9 Å². The maximum absolute atomic E-state index is 15.7. The molecule has 4 aliphatic heterocycles. The van der Waals surface area contributed by atoms with Crippen molar-refractivity contribution in [3.8, 4) is 5.75 Å². The average molecular weight is 1910 g/mol. The molecular formula is C91H123N21O23S. The normalized spacial score (nSPS) is 25.1. The predicted octanol–water partition coefficient (Wildman–Crippen LogP) is -2.50. The van der Waals surface area contributed by atoms with Gasteiger partial charge in [0.15, 0.2) is 0 Å². The molecule has 0 aliphatic carbocycles. The SMILES string of the molecule is CCCC[C@@H]1C(=O)N(C)[C@H](CCCC)C(=O)N[C@@H](CCCN)C(=O)N[C@@H](C(=O)NCC(N)=O)CSCC(=O)N[C@@H](Cc2ccc(O)cc2)C(=O)N2CCCCC2C(=O)N[C@H](CC(=O)O)C(=O)N2CCC[C@H]2C(=O)N[C@H](Cc2c[nH]cn2)C(=O)N[C@@H](CCC(=O)O)C(=O)N2C[C@H](O)CC2C(=O)N[C@H](Cc2c[nH]c3ccccc23)C(=O)N[C@@H](CO)C(=O)N[C@@H](Cc2c[nH]c3ccccc23)C(=O)N1C. The topological polar surface area (TPSA) is 657 Å². The number of thioether (sulfide) groups is 1. The summed E-state index contributed by atoms with van der Waals surface area (Å²) in [6, 6.07) is -3.25. The number of nitrogens with zero attached hydrogens (tertiary/aromatic N) is 6. The van der Waals surface area contributed by atoms with E-state index in [-0.39, 0.29) is 95.3 Å². The van der Waals surface area contributed by atoms with E-state index in [9.17, 15) is 63.9 Å². The molecule has 45 heteroatoms. The van der Waals surface area contributed by atoms with E-state index in [1.165, 1.54) is 50.9 Å². The molecule has 0 radical (unpaired) electrons. The summed E-state index contributed by atoms with van der Waals surface area (Å²) in [7, 11) is 2.68. The molecule has 7 heterocycles. The molecule has 736 valence electrons. The van der Waals surface area contributed by atoms with Gasteiger partial charge in [-0.3, -0.25) is 86.3 Å². The van der Waals surface area contributed by atoms with Gasteiger partial charge in [0.1, 0.15) is 90.3 Å². The van der Waals surface area contributed by atoms with Crippen LogP contribution in [0, 0.1) is 0 Å². The molecule has 4 saturated heterocycles. The first-order valence-electron chi connectivity index (χ1n) is 45.7. The minimum absolute atomic E-state index is 0.00611. The third-order valence-corrected chi connectivity index (χ3v) is 25.8. The molecule has 3 aromatic carbocycles. The molecular weight excluding hydrogens is 1790 g/mol. The lowest BCUT2D eigenvalue weighted by Gasteiger charge is -2.38. The number of amides is 16. The van der Waals surface area contributed by atoms with Crippen molar-refractivity contribution in [2.24, 2.45) is 11.5 Å². The third kappa shape index (κ3) is 28.3. The number of rotatable bonds is 26. The van der Waals surface area contributed by atoms with Crippen molar-refractivity contribution in [3.05, 3.63) is 120 Å². The number of carboxylic acid groups (broad SMARTS) is 2. The number of benzene rings is 3.